The molecule has 17 heavy (non-hydrogen) atoms. The molecule has 1 saturated carbocycles. The van der Waals surface area contributed by atoms with Gasteiger partial charge < -0.3 is 5.73 Å². The number of halogens is 1. The Morgan fingerprint density at radius 2 is 2.12 bits per heavy atom. The molecular weight excluding hydrogens is 243 g/mol. The molecule has 2 N–H and O–H groups in total. The zero-order chi connectivity index (χ0) is 12.6. The van der Waals surface area contributed by atoms with Crippen molar-refractivity contribution in [2.24, 2.45) is 0 Å². The lowest BCUT2D eigenvalue weighted by Gasteiger charge is -2.20. The van der Waals surface area contributed by atoms with E-state index in [0.717, 1.165) is 18.9 Å². The molecular formula is C11H15FN2O2S. The average molecular weight is 258 g/mol. The van der Waals surface area contributed by atoms with Gasteiger partial charge in [0, 0.05) is 18.3 Å². The predicted molar refractivity (Wildman–Crippen MR) is 63.4 cm³/mol. The fourth-order valence-corrected chi connectivity index (χ4v) is 3.63. The molecule has 0 amide bonds. The quantitative estimate of drug-likeness (QED) is 0.834. The highest BCUT2D eigenvalue weighted by atomic mass is 32.2. The number of rotatable bonds is 4. The molecule has 1 aromatic rings. The van der Waals surface area contributed by atoms with Crippen molar-refractivity contribution < 1.29 is 12.8 Å². The molecule has 0 atom stereocenters. The first-order valence-corrected chi connectivity index (χ1v) is 6.97. The zero-order valence-corrected chi connectivity index (χ0v) is 10.4. The van der Waals surface area contributed by atoms with Crippen LogP contribution in [0.25, 0.3) is 0 Å². The molecule has 94 valence electrons. The molecule has 1 fully saturated rings. The Morgan fingerprint density at radius 3 is 2.65 bits per heavy atom. The fourth-order valence-electron chi connectivity index (χ4n) is 1.83. The number of hydrogen-bond acceptors (Lipinski definition) is 3. The Balaban J connectivity index is 2.46. The van der Waals surface area contributed by atoms with Crippen molar-refractivity contribution in [3.05, 3.63) is 24.0 Å². The number of nitrogens with zero attached hydrogens (tertiary/aromatic N) is 1. The van der Waals surface area contributed by atoms with Gasteiger partial charge in [-0.25, -0.2) is 12.8 Å². The van der Waals surface area contributed by atoms with E-state index in [2.05, 4.69) is 0 Å². The van der Waals surface area contributed by atoms with Crippen molar-refractivity contribution in [3.8, 4) is 0 Å². The number of sulfonamides is 1. The first kappa shape index (κ1) is 12.3. The molecule has 0 radical (unpaired) electrons. The van der Waals surface area contributed by atoms with Crippen LogP contribution in [0.1, 0.15) is 19.8 Å². The minimum Gasteiger partial charge on any atom is -0.399 e. The standard InChI is InChI=1S/C11H15FN2O2S/c1-2-14(9-4-5-9)17(15,16)11-7-8(13)3-6-10(11)12/h3,6-7,9H,2,4-5,13H2,1H3. The van der Waals surface area contributed by atoms with Gasteiger partial charge in [-0.05, 0) is 31.0 Å². The zero-order valence-electron chi connectivity index (χ0n) is 9.56. The Bertz CT molecular complexity index is 526. The molecule has 1 aliphatic rings. The number of nitrogen functional groups attached to an aromatic ring is 1. The van der Waals surface area contributed by atoms with Crippen LogP contribution in [0.5, 0.6) is 0 Å². The molecule has 0 spiro atoms. The molecule has 0 unspecified atom stereocenters. The second kappa shape index (κ2) is 4.27. The molecule has 0 saturated heterocycles. The minimum absolute atomic E-state index is 0.0193. The summed E-state index contributed by atoms with van der Waals surface area (Å²) < 4.78 is 39.4. The summed E-state index contributed by atoms with van der Waals surface area (Å²) in [5.74, 6) is -0.752. The summed E-state index contributed by atoms with van der Waals surface area (Å²) in [5, 5.41) is 0. The van der Waals surface area contributed by atoms with E-state index in [1.165, 1.54) is 16.4 Å². The van der Waals surface area contributed by atoms with Gasteiger partial charge in [0.25, 0.3) is 0 Å². The molecule has 4 nitrogen and oxygen atoms in total. The second-order valence-electron chi connectivity index (χ2n) is 4.13. The smallest absolute Gasteiger partial charge is 0.246 e. The highest BCUT2D eigenvalue weighted by Gasteiger charge is 2.38. The average Bonchev–Trinajstić information content (AvgIpc) is 3.06. The monoisotopic (exact) mass is 258 g/mol. The van der Waals surface area contributed by atoms with Gasteiger partial charge in [-0.15, -0.1) is 0 Å². The molecule has 1 aliphatic carbocycles. The Hall–Kier alpha value is -1.14. The highest BCUT2D eigenvalue weighted by molar-refractivity contribution is 7.89. The Kier molecular flexibility index (Phi) is 3.09. The van der Waals surface area contributed by atoms with Crippen molar-refractivity contribution in [2.45, 2.75) is 30.7 Å². The number of hydrogen-bond donors (Lipinski definition) is 1. The largest absolute Gasteiger partial charge is 0.399 e. The third-order valence-corrected chi connectivity index (χ3v) is 4.85. The topological polar surface area (TPSA) is 63.4 Å². The van der Waals surface area contributed by atoms with Gasteiger partial charge in [-0.2, -0.15) is 4.31 Å². The van der Waals surface area contributed by atoms with Gasteiger partial charge in [0.05, 0.1) is 0 Å². The van der Waals surface area contributed by atoms with Gasteiger partial charge >= 0.3 is 0 Å². The highest BCUT2D eigenvalue weighted by Crippen LogP contribution is 2.32. The van der Waals surface area contributed by atoms with Gasteiger partial charge in [0.15, 0.2) is 0 Å². The molecule has 6 heteroatoms. The molecule has 0 bridgehead atoms. The summed E-state index contributed by atoms with van der Waals surface area (Å²) in [6.45, 7) is 2.10. The van der Waals surface area contributed by atoms with Crippen LogP contribution in [0.4, 0.5) is 10.1 Å². The van der Waals surface area contributed by atoms with Crippen molar-refractivity contribution in [2.75, 3.05) is 12.3 Å². The Morgan fingerprint density at radius 1 is 1.47 bits per heavy atom. The van der Waals surface area contributed by atoms with E-state index < -0.39 is 15.8 Å². The van der Waals surface area contributed by atoms with E-state index in [1.54, 1.807) is 6.92 Å². The summed E-state index contributed by atoms with van der Waals surface area (Å²) in [6.07, 6.45) is 1.69. The van der Waals surface area contributed by atoms with Crippen molar-refractivity contribution in [1.29, 1.82) is 0 Å². The molecule has 2 rings (SSSR count). The predicted octanol–water partition coefficient (Wildman–Crippen LogP) is 1.58. The van der Waals surface area contributed by atoms with E-state index in [9.17, 15) is 12.8 Å². The lowest BCUT2D eigenvalue weighted by molar-refractivity contribution is 0.417. The molecule has 0 aromatic heterocycles. The first-order chi connectivity index (χ1) is 7.96. The van der Waals surface area contributed by atoms with Crippen molar-refractivity contribution >= 4 is 15.7 Å². The van der Waals surface area contributed by atoms with Crippen LogP contribution in [-0.2, 0) is 10.0 Å². The SMILES string of the molecule is CCN(C1CC1)S(=O)(=O)c1cc(N)ccc1F. The summed E-state index contributed by atoms with van der Waals surface area (Å²) in [4.78, 5) is -0.328. The van der Waals surface area contributed by atoms with Gasteiger partial charge in [-0.3, -0.25) is 0 Å². The normalized spacial score (nSPS) is 16.4. The van der Waals surface area contributed by atoms with Crippen LogP contribution in [0, 0.1) is 5.82 Å². The van der Waals surface area contributed by atoms with E-state index in [-0.39, 0.29) is 16.6 Å². The maximum Gasteiger partial charge on any atom is 0.246 e. The third kappa shape index (κ3) is 2.28. The van der Waals surface area contributed by atoms with Gasteiger partial charge in [-0.1, -0.05) is 6.92 Å². The Labute approximate surface area is 100 Å². The van der Waals surface area contributed by atoms with Crippen LogP contribution >= 0.6 is 0 Å². The summed E-state index contributed by atoms with van der Waals surface area (Å²) in [5.41, 5.74) is 5.75. The van der Waals surface area contributed by atoms with E-state index in [0.29, 0.717) is 6.54 Å². The third-order valence-electron chi connectivity index (χ3n) is 2.81. The summed E-state index contributed by atoms with van der Waals surface area (Å²) in [6, 6.07) is 3.63. The lowest BCUT2D eigenvalue weighted by atomic mass is 10.3. The fraction of sp³-hybridized carbons (Fsp3) is 0.455. The van der Waals surface area contributed by atoms with Gasteiger partial charge in [0.2, 0.25) is 10.0 Å². The van der Waals surface area contributed by atoms with Crippen LogP contribution in [-0.4, -0.2) is 25.3 Å². The van der Waals surface area contributed by atoms with Crippen molar-refractivity contribution in [3.63, 3.8) is 0 Å². The summed E-state index contributed by atoms with van der Waals surface area (Å²) >= 11 is 0. The maximum absolute atomic E-state index is 13.6. The number of benzene rings is 1. The lowest BCUT2D eigenvalue weighted by Crippen LogP contribution is -2.33. The van der Waals surface area contributed by atoms with Crippen LogP contribution < -0.4 is 5.73 Å². The second-order valence-corrected chi connectivity index (χ2v) is 5.99. The van der Waals surface area contributed by atoms with E-state index in [4.69, 9.17) is 5.73 Å². The number of anilines is 1. The maximum atomic E-state index is 13.6. The van der Waals surface area contributed by atoms with Crippen LogP contribution in [0.15, 0.2) is 23.1 Å². The van der Waals surface area contributed by atoms with Crippen LogP contribution in [0.3, 0.4) is 0 Å². The van der Waals surface area contributed by atoms with Gasteiger partial charge in [0.1, 0.15) is 10.7 Å². The number of nitrogens with two attached hydrogens (primary N) is 1. The first-order valence-electron chi connectivity index (χ1n) is 5.53. The van der Waals surface area contributed by atoms with Crippen LogP contribution in [0.2, 0.25) is 0 Å². The van der Waals surface area contributed by atoms with E-state index in [1.807, 2.05) is 0 Å². The minimum atomic E-state index is -3.76. The molecule has 1 aromatic carbocycles. The molecule has 0 heterocycles. The molecule has 0 aliphatic heterocycles. The summed E-state index contributed by atoms with van der Waals surface area (Å²) in [7, 11) is -3.76. The van der Waals surface area contributed by atoms with E-state index >= 15 is 0 Å². The van der Waals surface area contributed by atoms with Crippen molar-refractivity contribution in [1.82, 2.24) is 4.31 Å².